The molecule has 0 amide bonds. The van der Waals surface area contributed by atoms with Crippen LogP contribution in [0.1, 0.15) is 20.3 Å². The Hall–Kier alpha value is -0.610. The van der Waals surface area contributed by atoms with E-state index in [4.69, 9.17) is 9.47 Å². The summed E-state index contributed by atoms with van der Waals surface area (Å²) in [5.41, 5.74) is 0. The number of nitrogens with zero attached hydrogens (tertiary/aromatic N) is 1. The third-order valence-electron chi connectivity index (χ3n) is 2.47. The molecule has 0 saturated carbocycles. The molecule has 14 heavy (non-hydrogen) atoms. The summed E-state index contributed by atoms with van der Waals surface area (Å²) in [5, 5.41) is 0. The average molecular weight is 201 g/mol. The zero-order valence-electron chi connectivity index (χ0n) is 8.99. The summed E-state index contributed by atoms with van der Waals surface area (Å²) in [4.78, 5) is 13.4. The van der Waals surface area contributed by atoms with Crippen molar-refractivity contribution in [2.45, 2.75) is 26.3 Å². The van der Waals surface area contributed by atoms with E-state index in [9.17, 15) is 4.79 Å². The first-order valence-electron chi connectivity index (χ1n) is 5.25. The van der Waals surface area contributed by atoms with Gasteiger partial charge in [0.05, 0.1) is 19.8 Å². The summed E-state index contributed by atoms with van der Waals surface area (Å²) >= 11 is 0. The van der Waals surface area contributed by atoms with E-state index in [0.717, 1.165) is 26.2 Å². The van der Waals surface area contributed by atoms with Crippen molar-refractivity contribution in [3.8, 4) is 0 Å². The van der Waals surface area contributed by atoms with Crippen LogP contribution in [0.3, 0.4) is 0 Å². The Morgan fingerprint density at radius 1 is 1.57 bits per heavy atom. The Bertz CT molecular complexity index is 178. The van der Waals surface area contributed by atoms with Gasteiger partial charge in [-0.25, -0.2) is 0 Å². The van der Waals surface area contributed by atoms with Gasteiger partial charge in [-0.1, -0.05) is 6.92 Å². The monoisotopic (exact) mass is 201 g/mol. The fourth-order valence-corrected chi connectivity index (χ4v) is 1.68. The van der Waals surface area contributed by atoms with Crippen LogP contribution < -0.4 is 0 Å². The number of rotatable bonds is 5. The summed E-state index contributed by atoms with van der Waals surface area (Å²) in [5.74, 6) is -0.138. The first kappa shape index (κ1) is 11.5. The molecule has 1 aliphatic rings. The lowest BCUT2D eigenvalue weighted by molar-refractivity contribution is -0.145. The minimum Gasteiger partial charge on any atom is -0.465 e. The van der Waals surface area contributed by atoms with E-state index in [2.05, 4.69) is 11.8 Å². The van der Waals surface area contributed by atoms with Gasteiger partial charge in [-0.15, -0.1) is 0 Å². The van der Waals surface area contributed by atoms with Gasteiger partial charge in [0.2, 0.25) is 0 Å². The molecule has 0 aromatic heterocycles. The van der Waals surface area contributed by atoms with Crippen LogP contribution in [0.5, 0.6) is 0 Å². The molecule has 0 aliphatic carbocycles. The van der Waals surface area contributed by atoms with Crippen molar-refractivity contribution in [2.75, 3.05) is 32.9 Å². The average Bonchev–Trinajstić information content (AvgIpc) is 2.67. The predicted octanol–water partition coefficient (Wildman–Crippen LogP) is 0.660. The maximum absolute atomic E-state index is 11.3. The molecule has 0 radical (unpaired) electrons. The van der Waals surface area contributed by atoms with Gasteiger partial charge in [0.25, 0.3) is 0 Å². The summed E-state index contributed by atoms with van der Waals surface area (Å²) < 4.78 is 10.2. The molecular formula is C10H19NO3. The fourth-order valence-electron chi connectivity index (χ4n) is 1.68. The first-order chi connectivity index (χ1) is 6.77. The number of hydrogen-bond donors (Lipinski definition) is 0. The van der Waals surface area contributed by atoms with Crippen molar-refractivity contribution in [1.82, 2.24) is 4.90 Å². The van der Waals surface area contributed by atoms with E-state index in [0.29, 0.717) is 19.2 Å². The van der Waals surface area contributed by atoms with Gasteiger partial charge in [-0.05, 0) is 19.9 Å². The lowest BCUT2D eigenvalue weighted by Crippen LogP contribution is -2.39. The summed E-state index contributed by atoms with van der Waals surface area (Å²) in [7, 11) is 0. The van der Waals surface area contributed by atoms with E-state index >= 15 is 0 Å². The van der Waals surface area contributed by atoms with Gasteiger partial charge >= 0.3 is 5.97 Å². The van der Waals surface area contributed by atoms with E-state index in [1.165, 1.54) is 0 Å². The second-order valence-corrected chi connectivity index (χ2v) is 3.39. The van der Waals surface area contributed by atoms with Crippen molar-refractivity contribution in [3.63, 3.8) is 0 Å². The normalized spacial score (nSPS) is 21.5. The van der Waals surface area contributed by atoms with Gasteiger partial charge in [-0.3, -0.25) is 9.69 Å². The molecule has 1 rings (SSSR count). The maximum atomic E-state index is 11.3. The highest BCUT2D eigenvalue weighted by molar-refractivity contribution is 5.71. The van der Waals surface area contributed by atoms with Crippen LogP contribution in [0, 0.1) is 0 Å². The smallest absolute Gasteiger partial charge is 0.320 e. The highest BCUT2D eigenvalue weighted by atomic mass is 16.5. The highest BCUT2D eigenvalue weighted by Gasteiger charge is 2.23. The molecule has 1 saturated heterocycles. The van der Waals surface area contributed by atoms with Gasteiger partial charge in [0.1, 0.15) is 0 Å². The molecule has 1 atom stereocenters. The van der Waals surface area contributed by atoms with E-state index < -0.39 is 0 Å². The van der Waals surface area contributed by atoms with E-state index in [1.54, 1.807) is 0 Å². The van der Waals surface area contributed by atoms with Gasteiger partial charge in [0, 0.05) is 12.6 Å². The van der Waals surface area contributed by atoms with Crippen molar-refractivity contribution in [1.29, 1.82) is 0 Å². The zero-order chi connectivity index (χ0) is 10.4. The largest absolute Gasteiger partial charge is 0.465 e. The van der Waals surface area contributed by atoms with Crippen LogP contribution in [-0.4, -0.2) is 49.8 Å². The molecule has 1 aliphatic heterocycles. The molecule has 4 nitrogen and oxygen atoms in total. The molecule has 0 aromatic carbocycles. The molecule has 1 unspecified atom stereocenters. The molecule has 0 bridgehead atoms. The van der Waals surface area contributed by atoms with Crippen molar-refractivity contribution >= 4 is 5.97 Å². The minimum atomic E-state index is -0.138. The minimum absolute atomic E-state index is 0.138. The van der Waals surface area contributed by atoms with Crippen LogP contribution in [0.15, 0.2) is 0 Å². The second kappa shape index (κ2) is 5.98. The molecule has 0 N–H and O–H groups in total. The Morgan fingerprint density at radius 2 is 2.36 bits per heavy atom. The number of likely N-dealkylation sites (N-methyl/N-ethyl adjacent to an activating group) is 1. The molecule has 1 fully saturated rings. The van der Waals surface area contributed by atoms with Crippen LogP contribution in [-0.2, 0) is 14.3 Å². The standard InChI is InChI=1S/C10H19NO3/c1-3-11(7-10(12)14-4-2)9-5-6-13-8-9/h9H,3-8H2,1-2H3. The summed E-state index contributed by atoms with van der Waals surface area (Å²) in [6.07, 6.45) is 1.02. The number of ether oxygens (including phenoxy) is 2. The molecule has 82 valence electrons. The summed E-state index contributed by atoms with van der Waals surface area (Å²) in [6.45, 7) is 7.14. The van der Waals surface area contributed by atoms with Crippen LogP contribution >= 0.6 is 0 Å². The highest BCUT2D eigenvalue weighted by Crippen LogP contribution is 2.11. The Kier molecular flexibility index (Phi) is 4.90. The van der Waals surface area contributed by atoms with Crippen molar-refractivity contribution in [3.05, 3.63) is 0 Å². The van der Waals surface area contributed by atoms with Gasteiger partial charge < -0.3 is 9.47 Å². The maximum Gasteiger partial charge on any atom is 0.320 e. The molecule has 0 aromatic rings. The SMILES string of the molecule is CCOC(=O)CN(CC)C1CCOC1. The van der Waals surface area contributed by atoms with Crippen LogP contribution in [0.4, 0.5) is 0 Å². The Labute approximate surface area is 85.2 Å². The Balaban J connectivity index is 2.33. The van der Waals surface area contributed by atoms with E-state index in [1.807, 2.05) is 6.92 Å². The topological polar surface area (TPSA) is 38.8 Å². The third kappa shape index (κ3) is 3.27. The zero-order valence-corrected chi connectivity index (χ0v) is 8.99. The van der Waals surface area contributed by atoms with Crippen LogP contribution in [0.25, 0.3) is 0 Å². The third-order valence-corrected chi connectivity index (χ3v) is 2.47. The second-order valence-electron chi connectivity index (χ2n) is 3.39. The number of esters is 1. The number of hydrogen-bond acceptors (Lipinski definition) is 4. The molecule has 0 spiro atoms. The van der Waals surface area contributed by atoms with E-state index in [-0.39, 0.29) is 5.97 Å². The molecule has 4 heteroatoms. The van der Waals surface area contributed by atoms with Crippen molar-refractivity contribution < 1.29 is 14.3 Å². The quantitative estimate of drug-likeness (QED) is 0.612. The number of carbonyl (C=O) groups excluding carboxylic acids is 1. The van der Waals surface area contributed by atoms with Gasteiger partial charge in [0.15, 0.2) is 0 Å². The molecular weight excluding hydrogens is 182 g/mol. The Morgan fingerprint density at radius 3 is 2.86 bits per heavy atom. The number of carbonyl (C=O) groups is 1. The van der Waals surface area contributed by atoms with Crippen LogP contribution in [0.2, 0.25) is 0 Å². The fraction of sp³-hybridized carbons (Fsp3) is 0.900. The lowest BCUT2D eigenvalue weighted by atomic mass is 10.2. The summed E-state index contributed by atoms with van der Waals surface area (Å²) in [6, 6.07) is 0.393. The first-order valence-corrected chi connectivity index (χ1v) is 5.25. The van der Waals surface area contributed by atoms with Gasteiger partial charge in [-0.2, -0.15) is 0 Å². The predicted molar refractivity (Wildman–Crippen MR) is 53.1 cm³/mol. The molecule has 1 heterocycles. The lowest BCUT2D eigenvalue weighted by Gasteiger charge is -2.24. The van der Waals surface area contributed by atoms with Crippen molar-refractivity contribution in [2.24, 2.45) is 0 Å².